The number of carbonyl (C=O) groups is 3. The summed E-state index contributed by atoms with van der Waals surface area (Å²) in [7, 11) is 3.03. The first kappa shape index (κ1) is 22.7. The van der Waals surface area contributed by atoms with E-state index in [1.165, 1.54) is 14.2 Å². The Kier molecular flexibility index (Phi) is 8.92. The molecule has 3 amide bonds. The van der Waals surface area contributed by atoms with Crippen molar-refractivity contribution in [3.63, 3.8) is 0 Å². The highest BCUT2D eigenvalue weighted by atomic mass is 16.5. The lowest BCUT2D eigenvalue weighted by molar-refractivity contribution is -0.136. The molecule has 0 radical (unpaired) electrons. The quantitative estimate of drug-likeness (QED) is 0.644. The van der Waals surface area contributed by atoms with E-state index in [2.05, 4.69) is 10.6 Å². The molecule has 1 atom stereocenters. The van der Waals surface area contributed by atoms with Crippen molar-refractivity contribution in [2.75, 3.05) is 40.5 Å². The van der Waals surface area contributed by atoms with E-state index in [1.807, 2.05) is 6.92 Å². The third kappa shape index (κ3) is 6.45. The van der Waals surface area contributed by atoms with E-state index in [0.29, 0.717) is 43.8 Å². The van der Waals surface area contributed by atoms with Crippen molar-refractivity contribution < 1.29 is 23.9 Å². The number of likely N-dealkylation sites (tertiary alicyclic amines) is 1. The molecule has 8 nitrogen and oxygen atoms in total. The molecule has 1 aliphatic heterocycles. The van der Waals surface area contributed by atoms with Gasteiger partial charge in [-0.05, 0) is 43.4 Å². The average molecular weight is 405 g/mol. The van der Waals surface area contributed by atoms with Crippen LogP contribution in [0.5, 0.6) is 5.75 Å². The first-order chi connectivity index (χ1) is 14.0. The monoisotopic (exact) mass is 405 g/mol. The van der Waals surface area contributed by atoms with Gasteiger partial charge >= 0.3 is 0 Å². The fourth-order valence-electron chi connectivity index (χ4n) is 3.44. The molecule has 1 aromatic carbocycles. The molecule has 0 saturated carbocycles. The number of benzene rings is 1. The highest BCUT2D eigenvalue weighted by Crippen LogP contribution is 2.22. The zero-order chi connectivity index (χ0) is 21.2. The molecule has 0 aliphatic carbocycles. The van der Waals surface area contributed by atoms with Gasteiger partial charge in [-0.3, -0.25) is 14.4 Å². The number of ether oxygens (including phenoxy) is 2. The summed E-state index contributed by atoms with van der Waals surface area (Å²) >= 11 is 0. The summed E-state index contributed by atoms with van der Waals surface area (Å²) in [6.45, 7) is 3.66. The van der Waals surface area contributed by atoms with Crippen molar-refractivity contribution in [2.24, 2.45) is 5.92 Å². The van der Waals surface area contributed by atoms with E-state index in [4.69, 9.17) is 9.47 Å². The van der Waals surface area contributed by atoms with Gasteiger partial charge in [0, 0.05) is 32.3 Å². The number of nitrogens with one attached hydrogen (secondary N) is 2. The minimum Gasteiger partial charge on any atom is -0.497 e. The van der Waals surface area contributed by atoms with Gasteiger partial charge in [-0.15, -0.1) is 0 Å². The Balaban J connectivity index is 2.08. The maximum Gasteiger partial charge on any atom is 0.252 e. The van der Waals surface area contributed by atoms with E-state index < -0.39 is 6.04 Å². The van der Waals surface area contributed by atoms with Crippen molar-refractivity contribution in [3.8, 4) is 5.75 Å². The summed E-state index contributed by atoms with van der Waals surface area (Å²) in [6, 6.07) is 6.17. The average Bonchev–Trinajstić information content (AvgIpc) is 2.76. The standard InChI is InChI=1S/C21H31N3O5/c1-4-10-22-21(27)19(15-8-11-24(12-9-15)18(25)14-28-2)23-20(26)16-6-5-7-17(13-16)29-3/h5-7,13,15,19H,4,8-12,14H2,1-3H3,(H,22,27)(H,23,26)/t19-/m0/s1. The maximum absolute atomic E-state index is 12.8. The Bertz CT molecular complexity index is 701. The van der Waals surface area contributed by atoms with E-state index in [0.717, 1.165) is 6.42 Å². The smallest absolute Gasteiger partial charge is 0.252 e. The third-order valence-corrected chi connectivity index (χ3v) is 5.08. The molecule has 0 spiro atoms. The number of piperidine rings is 1. The Labute approximate surface area is 171 Å². The number of hydrogen-bond donors (Lipinski definition) is 2. The molecule has 1 heterocycles. The lowest BCUT2D eigenvalue weighted by atomic mass is 9.88. The van der Waals surface area contributed by atoms with E-state index in [-0.39, 0.29) is 30.2 Å². The number of rotatable bonds is 9. The second kappa shape index (κ2) is 11.4. The molecule has 29 heavy (non-hydrogen) atoms. The highest BCUT2D eigenvalue weighted by molar-refractivity contribution is 5.98. The van der Waals surface area contributed by atoms with Crippen LogP contribution in [0.1, 0.15) is 36.5 Å². The molecular weight excluding hydrogens is 374 g/mol. The van der Waals surface area contributed by atoms with Gasteiger partial charge in [0.1, 0.15) is 18.4 Å². The lowest BCUT2D eigenvalue weighted by Gasteiger charge is -2.35. The van der Waals surface area contributed by atoms with Gasteiger partial charge < -0.3 is 25.0 Å². The Hall–Kier alpha value is -2.61. The molecule has 2 N–H and O–H groups in total. The predicted octanol–water partition coefficient (Wildman–Crippen LogP) is 1.20. The third-order valence-electron chi connectivity index (χ3n) is 5.08. The van der Waals surface area contributed by atoms with Crippen LogP contribution >= 0.6 is 0 Å². The summed E-state index contributed by atoms with van der Waals surface area (Å²) < 4.78 is 10.1. The van der Waals surface area contributed by atoms with Crippen LogP contribution in [0.15, 0.2) is 24.3 Å². The normalized spacial score (nSPS) is 15.5. The fourth-order valence-corrected chi connectivity index (χ4v) is 3.44. The van der Waals surface area contributed by atoms with Gasteiger partial charge in [-0.25, -0.2) is 0 Å². The minimum atomic E-state index is -0.653. The van der Waals surface area contributed by atoms with Crippen LogP contribution in [0, 0.1) is 5.92 Å². The molecule has 1 saturated heterocycles. The summed E-state index contributed by atoms with van der Waals surface area (Å²) in [5.74, 6) is -0.0378. The van der Waals surface area contributed by atoms with Gasteiger partial charge in [0.15, 0.2) is 0 Å². The number of nitrogens with zero attached hydrogens (tertiary/aromatic N) is 1. The van der Waals surface area contributed by atoms with Crippen LogP contribution in [0.4, 0.5) is 0 Å². The van der Waals surface area contributed by atoms with Crippen LogP contribution in [-0.2, 0) is 14.3 Å². The van der Waals surface area contributed by atoms with E-state index in [9.17, 15) is 14.4 Å². The topological polar surface area (TPSA) is 97.0 Å². The maximum atomic E-state index is 12.8. The summed E-state index contributed by atoms with van der Waals surface area (Å²) in [4.78, 5) is 39.3. The highest BCUT2D eigenvalue weighted by Gasteiger charge is 2.33. The summed E-state index contributed by atoms with van der Waals surface area (Å²) in [5, 5.41) is 5.78. The van der Waals surface area contributed by atoms with Gasteiger partial charge in [0.25, 0.3) is 5.91 Å². The molecule has 160 valence electrons. The second-order valence-electron chi connectivity index (χ2n) is 7.13. The number of amides is 3. The molecule has 0 bridgehead atoms. The summed E-state index contributed by atoms with van der Waals surface area (Å²) in [5.41, 5.74) is 0.436. The van der Waals surface area contributed by atoms with Gasteiger partial charge in [-0.2, -0.15) is 0 Å². The van der Waals surface area contributed by atoms with Gasteiger partial charge in [0.05, 0.1) is 7.11 Å². The first-order valence-corrected chi connectivity index (χ1v) is 9.99. The number of methoxy groups -OCH3 is 2. The predicted molar refractivity (Wildman–Crippen MR) is 109 cm³/mol. The molecule has 8 heteroatoms. The largest absolute Gasteiger partial charge is 0.497 e. The van der Waals surface area contributed by atoms with Gasteiger partial charge in [0.2, 0.25) is 11.8 Å². The fraction of sp³-hybridized carbons (Fsp3) is 0.571. The molecule has 1 aromatic rings. The molecular formula is C21H31N3O5. The van der Waals surface area contributed by atoms with Crippen LogP contribution < -0.4 is 15.4 Å². The number of carbonyl (C=O) groups excluding carboxylic acids is 3. The minimum absolute atomic E-state index is 0.0481. The van der Waals surface area contributed by atoms with Crippen LogP contribution in [-0.4, -0.2) is 69.1 Å². The summed E-state index contributed by atoms with van der Waals surface area (Å²) in [6.07, 6.45) is 2.09. The van der Waals surface area contributed by atoms with E-state index >= 15 is 0 Å². The van der Waals surface area contributed by atoms with Crippen LogP contribution in [0.25, 0.3) is 0 Å². The van der Waals surface area contributed by atoms with Crippen molar-refractivity contribution >= 4 is 17.7 Å². The molecule has 0 aromatic heterocycles. The van der Waals surface area contributed by atoms with Crippen LogP contribution in [0.2, 0.25) is 0 Å². The Morgan fingerprint density at radius 1 is 1.21 bits per heavy atom. The Morgan fingerprint density at radius 2 is 1.93 bits per heavy atom. The van der Waals surface area contributed by atoms with Crippen LogP contribution in [0.3, 0.4) is 0 Å². The molecule has 2 rings (SSSR count). The second-order valence-corrected chi connectivity index (χ2v) is 7.13. The molecule has 1 fully saturated rings. The lowest BCUT2D eigenvalue weighted by Crippen LogP contribution is -2.54. The van der Waals surface area contributed by atoms with Crippen molar-refractivity contribution in [1.82, 2.24) is 15.5 Å². The zero-order valence-electron chi connectivity index (χ0n) is 17.4. The Morgan fingerprint density at radius 3 is 2.55 bits per heavy atom. The van der Waals surface area contributed by atoms with Crippen molar-refractivity contribution in [2.45, 2.75) is 32.2 Å². The van der Waals surface area contributed by atoms with Crippen molar-refractivity contribution in [3.05, 3.63) is 29.8 Å². The molecule has 1 aliphatic rings. The van der Waals surface area contributed by atoms with E-state index in [1.54, 1.807) is 29.2 Å². The van der Waals surface area contributed by atoms with Gasteiger partial charge in [-0.1, -0.05) is 13.0 Å². The first-order valence-electron chi connectivity index (χ1n) is 9.99. The SMILES string of the molecule is CCCNC(=O)[C@@H](NC(=O)c1cccc(OC)c1)C1CCN(C(=O)COC)CC1. The molecule has 0 unspecified atom stereocenters. The zero-order valence-corrected chi connectivity index (χ0v) is 17.4. The van der Waals surface area contributed by atoms with Crippen molar-refractivity contribution in [1.29, 1.82) is 0 Å². The number of hydrogen-bond acceptors (Lipinski definition) is 5.